The second-order valence-electron chi connectivity index (χ2n) is 7.96. The molecule has 0 bridgehead atoms. The van der Waals surface area contributed by atoms with Crippen LogP contribution in [-0.4, -0.2) is 53.5 Å². The minimum absolute atomic E-state index is 0.287. The molecule has 0 spiro atoms. The van der Waals surface area contributed by atoms with E-state index in [1.54, 1.807) is 50.5 Å². The van der Waals surface area contributed by atoms with Gasteiger partial charge in [-0.2, -0.15) is 0 Å². The normalized spacial score (nSPS) is 15.5. The molecular formula is C21H26N6O3S. The first kappa shape index (κ1) is 21.4. The molecule has 0 saturated carbocycles. The van der Waals surface area contributed by atoms with Crippen molar-refractivity contribution in [2.45, 2.75) is 36.8 Å². The van der Waals surface area contributed by atoms with Crippen LogP contribution in [-0.2, 0) is 9.84 Å². The van der Waals surface area contributed by atoms with Crippen LogP contribution in [0.4, 0.5) is 6.01 Å². The standard InChI is InChI=1S/C21H26N6O3S/c1-14(2)31(28,29)17-5-3-16(4-6-17)18-12-23-13-19(24-18)20-25-26-21(30-20)27-9-7-15(11-22)8-10-27/h3-6,12-15H,7-11,22H2,1-2H3. The predicted molar refractivity (Wildman–Crippen MR) is 117 cm³/mol. The van der Waals surface area contributed by atoms with Crippen LogP contribution in [0.1, 0.15) is 26.7 Å². The quantitative estimate of drug-likeness (QED) is 0.612. The van der Waals surface area contributed by atoms with Crippen molar-refractivity contribution >= 4 is 15.9 Å². The molecule has 4 rings (SSSR count). The Morgan fingerprint density at radius 2 is 1.77 bits per heavy atom. The van der Waals surface area contributed by atoms with Crippen LogP contribution in [0.2, 0.25) is 0 Å². The summed E-state index contributed by atoms with van der Waals surface area (Å²) in [7, 11) is -3.32. The molecule has 1 saturated heterocycles. The zero-order chi connectivity index (χ0) is 22.0. The number of nitrogens with zero attached hydrogens (tertiary/aromatic N) is 5. The molecule has 2 N–H and O–H groups in total. The van der Waals surface area contributed by atoms with E-state index in [0.29, 0.717) is 35.8 Å². The Hall–Kier alpha value is -2.85. The summed E-state index contributed by atoms with van der Waals surface area (Å²) < 4.78 is 30.5. The number of anilines is 1. The summed E-state index contributed by atoms with van der Waals surface area (Å²) in [5.74, 6) is 0.840. The molecule has 1 fully saturated rings. The third kappa shape index (κ3) is 4.45. The first-order chi connectivity index (χ1) is 14.9. The lowest BCUT2D eigenvalue weighted by atomic mass is 9.97. The highest BCUT2D eigenvalue weighted by molar-refractivity contribution is 7.92. The summed E-state index contributed by atoms with van der Waals surface area (Å²) in [5, 5.41) is 7.83. The third-order valence-electron chi connectivity index (χ3n) is 5.59. The highest BCUT2D eigenvalue weighted by atomic mass is 32.2. The zero-order valence-corrected chi connectivity index (χ0v) is 18.4. The summed E-state index contributed by atoms with van der Waals surface area (Å²) in [4.78, 5) is 11.2. The maximum Gasteiger partial charge on any atom is 0.318 e. The van der Waals surface area contributed by atoms with Gasteiger partial charge < -0.3 is 15.1 Å². The maximum atomic E-state index is 12.3. The lowest BCUT2D eigenvalue weighted by Crippen LogP contribution is -2.36. The molecule has 2 aromatic heterocycles. The van der Waals surface area contributed by atoms with Crippen molar-refractivity contribution in [3.63, 3.8) is 0 Å². The average Bonchev–Trinajstić information content (AvgIpc) is 3.29. The van der Waals surface area contributed by atoms with E-state index in [4.69, 9.17) is 10.2 Å². The fourth-order valence-electron chi connectivity index (χ4n) is 3.50. The number of benzene rings is 1. The smallest absolute Gasteiger partial charge is 0.318 e. The Kier molecular flexibility index (Phi) is 6.01. The van der Waals surface area contributed by atoms with Crippen molar-refractivity contribution < 1.29 is 12.8 Å². The third-order valence-corrected chi connectivity index (χ3v) is 7.76. The minimum atomic E-state index is -3.32. The van der Waals surface area contributed by atoms with Gasteiger partial charge in [-0.3, -0.25) is 4.98 Å². The van der Waals surface area contributed by atoms with Gasteiger partial charge in [-0.25, -0.2) is 13.4 Å². The SMILES string of the molecule is CC(C)S(=O)(=O)c1ccc(-c2cncc(-c3nnc(N4CCC(CN)CC4)o3)n2)cc1. The summed E-state index contributed by atoms with van der Waals surface area (Å²) in [5.41, 5.74) is 7.56. The van der Waals surface area contributed by atoms with Gasteiger partial charge in [0.05, 0.1) is 28.2 Å². The molecule has 3 heterocycles. The van der Waals surface area contributed by atoms with Crippen LogP contribution in [0.3, 0.4) is 0 Å². The Morgan fingerprint density at radius 1 is 1.10 bits per heavy atom. The molecule has 0 radical (unpaired) electrons. The van der Waals surface area contributed by atoms with Gasteiger partial charge in [-0.05, 0) is 51.3 Å². The van der Waals surface area contributed by atoms with Gasteiger partial charge in [0.1, 0.15) is 5.69 Å². The van der Waals surface area contributed by atoms with E-state index in [2.05, 4.69) is 25.1 Å². The van der Waals surface area contributed by atoms with E-state index in [0.717, 1.165) is 31.5 Å². The second-order valence-corrected chi connectivity index (χ2v) is 10.5. The highest BCUT2D eigenvalue weighted by Crippen LogP contribution is 2.27. The maximum absolute atomic E-state index is 12.3. The van der Waals surface area contributed by atoms with Crippen molar-refractivity contribution in [3.05, 3.63) is 36.7 Å². The average molecular weight is 443 g/mol. The van der Waals surface area contributed by atoms with Crippen molar-refractivity contribution in [3.8, 4) is 22.8 Å². The van der Waals surface area contributed by atoms with Crippen LogP contribution >= 0.6 is 0 Å². The van der Waals surface area contributed by atoms with Gasteiger partial charge in [-0.15, -0.1) is 5.10 Å². The summed E-state index contributed by atoms with van der Waals surface area (Å²) in [6.07, 6.45) is 5.20. The van der Waals surface area contributed by atoms with Crippen LogP contribution in [0.15, 0.2) is 46.0 Å². The summed E-state index contributed by atoms with van der Waals surface area (Å²) >= 11 is 0. The molecule has 0 amide bonds. The van der Waals surface area contributed by atoms with Crippen molar-refractivity contribution in [2.75, 3.05) is 24.5 Å². The van der Waals surface area contributed by atoms with Gasteiger partial charge in [-0.1, -0.05) is 17.2 Å². The molecule has 1 aromatic carbocycles. The first-order valence-corrected chi connectivity index (χ1v) is 11.9. The van der Waals surface area contributed by atoms with Crippen LogP contribution < -0.4 is 10.6 Å². The number of hydrogen-bond donors (Lipinski definition) is 1. The number of aromatic nitrogens is 4. The van der Waals surface area contributed by atoms with E-state index in [1.807, 2.05) is 0 Å². The fraction of sp³-hybridized carbons (Fsp3) is 0.429. The van der Waals surface area contributed by atoms with E-state index < -0.39 is 15.1 Å². The van der Waals surface area contributed by atoms with E-state index in [9.17, 15) is 8.42 Å². The van der Waals surface area contributed by atoms with E-state index >= 15 is 0 Å². The molecule has 10 heteroatoms. The van der Waals surface area contributed by atoms with Crippen LogP contribution in [0.25, 0.3) is 22.8 Å². The Labute approximate surface area is 181 Å². The van der Waals surface area contributed by atoms with E-state index in [-0.39, 0.29) is 4.90 Å². The largest absolute Gasteiger partial charge is 0.401 e. The molecule has 9 nitrogen and oxygen atoms in total. The predicted octanol–water partition coefficient (Wildman–Crippen LogP) is 2.55. The van der Waals surface area contributed by atoms with Crippen molar-refractivity contribution in [1.29, 1.82) is 0 Å². The summed E-state index contributed by atoms with van der Waals surface area (Å²) in [6, 6.07) is 7.11. The van der Waals surface area contributed by atoms with E-state index in [1.165, 1.54) is 0 Å². The molecule has 1 aliphatic heterocycles. The number of rotatable bonds is 6. The van der Waals surface area contributed by atoms with Gasteiger partial charge in [0.15, 0.2) is 9.84 Å². The number of sulfone groups is 1. The van der Waals surface area contributed by atoms with Crippen LogP contribution in [0, 0.1) is 5.92 Å². The molecule has 0 aliphatic carbocycles. The number of hydrogen-bond acceptors (Lipinski definition) is 9. The molecular weight excluding hydrogens is 416 g/mol. The lowest BCUT2D eigenvalue weighted by Gasteiger charge is -2.29. The van der Waals surface area contributed by atoms with Gasteiger partial charge >= 0.3 is 6.01 Å². The Balaban J connectivity index is 1.54. The minimum Gasteiger partial charge on any atom is -0.401 e. The Morgan fingerprint density at radius 3 is 2.42 bits per heavy atom. The molecule has 3 aromatic rings. The second kappa shape index (κ2) is 8.72. The summed E-state index contributed by atoms with van der Waals surface area (Å²) in [6.45, 7) is 5.70. The van der Waals surface area contributed by atoms with Crippen LogP contribution in [0.5, 0.6) is 0 Å². The van der Waals surface area contributed by atoms with Gasteiger partial charge in [0.25, 0.3) is 5.89 Å². The fourth-order valence-corrected chi connectivity index (χ4v) is 4.56. The molecule has 31 heavy (non-hydrogen) atoms. The molecule has 1 aliphatic rings. The molecule has 0 unspecified atom stereocenters. The van der Waals surface area contributed by atoms with Gasteiger partial charge in [0, 0.05) is 18.7 Å². The Bertz CT molecular complexity index is 1140. The van der Waals surface area contributed by atoms with Gasteiger partial charge in [0.2, 0.25) is 0 Å². The number of nitrogens with two attached hydrogens (primary N) is 1. The monoisotopic (exact) mass is 442 g/mol. The first-order valence-electron chi connectivity index (χ1n) is 10.3. The molecule has 0 atom stereocenters. The lowest BCUT2D eigenvalue weighted by molar-refractivity contribution is 0.396. The number of piperidine rings is 1. The van der Waals surface area contributed by atoms with Crippen molar-refractivity contribution in [1.82, 2.24) is 20.2 Å². The molecule has 164 valence electrons. The van der Waals surface area contributed by atoms with Crippen molar-refractivity contribution in [2.24, 2.45) is 11.7 Å². The zero-order valence-electron chi connectivity index (χ0n) is 17.6. The highest BCUT2D eigenvalue weighted by Gasteiger charge is 2.23. The topological polar surface area (TPSA) is 128 Å².